The van der Waals surface area contributed by atoms with Crippen molar-refractivity contribution in [1.29, 1.82) is 0 Å². The molecule has 5 heteroatoms. The fraction of sp³-hybridized carbons (Fsp3) is 0.867. The van der Waals surface area contributed by atoms with Crippen molar-refractivity contribution < 1.29 is 14.3 Å². The van der Waals surface area contributed by atoms with Gasteiger partial charge in [0.1, 0.15) is 12.1 Å². The first-order valence-corrected chi connectivity index (χ1v) is 7.77. The molecule has 1 aliphatic heterocycles. The molecule has 0 spiro atoms. The molecule has 20 heavy (non-hydrogen) atoms. The summed E-state index contributed by atoms with van der Waals surface area (Å²) in [4.78, 5) is 26.5. The zero-order valence-electron chi connectivity index (χ0n) is 12.7. The molecular formula is C15H26N2O3. The first-order valence-electron chi connectivity index (χ1n) is 7.77. The van der Waals surface area contributed by atoms with Gasteiger partial charge in [-0.3, -0.25) is 9.59 Å². The standard InChI is InChI=1S/C15H26N2O3/c1-4-5-12-14(18)16-13(11-6-7-11)15(19)17(12)8-9-20-10(2)3/h10-13H,4-9H2,1-3H3,(H,16,18). The number of carbonyl (C=O) groups excluding carboxylic acids is 2. The summed E-state index contributed by atoms with van der Waals surface area (Å²) in [5.41, 5.74) is 0. The molecule has 1 heterocycles. The van der Waals surface area contributed by atoms with Crippen LogP contribution in [0.3, 0.4) is 0 Å². The monoisotopic (exact) mass is 282 g/mol. The number of hydrogen-bond donors (Lipinski definition) is 1. The second kappa shape index (κ2) is 6.57. The minimum Gasteiger partial charge on any atom is -0.377 e. The van der Waals surface area contributed by atoms with Crippen LogP contribution in [0.4, 0.5) is 0 Å². The molecule has 2 rings (SSSR count). The van der Waals surface area contributed by atoms with Gasteiger partial charge < -0.3 is 15.0 Å². The summed E-state index contributed by atoms with van der Waals surface area (Å²) in [6.07, 6.45) is 3.85. The van der Waals surface area contributed by atoms with Crippen LogP contribution >= 0.6 is 0 Å². The largest absolute Gasteiger partial charge is 0.377 e. The van der Waals surface area contributed by atoms with E-state index in [1.807, 2.05) is 20.8 Å². The number of piperazine rings is 1. The molecule has 2 amide bonds. The van der Waals surface area contributed by atoms with E-state index >= 15 is 0 Å². The Bertz CT molecular complexity index is 366. The van der Waals surface area contributed by atoms with Gasteiger partial charge in [-0.1, -0.05) is 13.3 Å². The third-order valence-electron chi connectivity index (χ3n) is 3.96. The molecule has 1 saturated heterocycles. The highest BCUT2D eigenvalue weighted by atomic mass is 16.5. The second-order valence-corrected chi connectivity index (χ2v) is 6.08. The maximum Gasteiger partial charge on any atom is 0.246 e. The molecule has 2 aliphatic rings. The molecule has 0 aromatic heterocycles. The van der Waals surface area contributed by atoms with Crippen molar-refractivity contribution >= 4 is 11.8 Å². The van der Waals surface area contributed by atoms with Crippen LogP contribution in [0.5, 0.6) is 0 Å². The van der Waals surface area contributed by atoms with Crippen molar-refractivity contribution in [2.45, 2.75) is 64.6 Å². The van der Waals surface area contributed by atoms with E-state index < -0.39 is 0 Å². The maximum absolute atomic E-state index is 12.6. The summed E-state index contributed by atoms with van der Waals surface area (Å²) < 4.78 is 5.54. The van der Waals surface area contributed by atoms with Crippen LogP contribution in [0.1, 0.15) is 46.5 Å². The molecule has 0 aromatic carbocycles. The lowest BCUT2D eigenvalue weighted by Crippen LogP contribution is -2.64. The molecule has 2 unspecified atom stereocenters. The van der Waals surface area contributed by atoms with Crippen molar-refractivity contribution in [2.24, 2.45) is 5.92 Å². The molecule has 2 fully saturated rings. The molecule has 5 nitrogen and oxygen atoms in total. The number of rotatable bonds is 7. The summed E-state index contributed by atoms with van der Waals surface area (Å²) >= 11 is 0. The normalized spacial score (nSPS) is 27.1. The van der Waals surface area contributed by atoms with Crippen LogP contribution in [-0.4, -0.2) is 48.1 Å². The number of nitrogens with one attached hydrogen (secondary N) is 1. The van der Waals surface area contributed by atoms with Gasteiger partial charge in [0.25, 0.3) is 0 Å². The Morgan fingerprint density at radius 3 is 2.60 bits per heavy atom. The van der Waals surface area contributed by atoms with Crippen molar-refractivity contribution in [3.05, 3.63) is 0 Å². The molecule has 0 radical (unpaired) electrons. The molecule has 0 aromatic rings. The van der Waals surface area contributed by atoms with Gasteiger partial charge in [0, 0.05) is 6.54 Å². The van der Waals surface area contributed by atoms with E-state index in [2.05, 4.69) is 5.32 Å². The van der Waals surface area contributed by atoms with Crippen LogP contribution in [0.2, 0.25) is 0 Å². The fourth-order valence-corrected chi connectivity index (χ4v) is 2.75. The Hall–Kier alpha value is -1.10. The molecular weight excluding hydrogens is 256 g/mol. The Labute approximate surface area is 121 Å². The fourth-order valence-electron chi connectivity index (χ4n) is 2.75. The number of ether oxygens (including phenoxy) is 1. The van der Waals surface area contributed by atoms with Gasteiger partial charge in [0.2, 0.25) is 11.8 Å². The molecule has 2 atom stereocenters. The second-order valence-electron chi connectivity index (χ2n) is 6.08. The van der Waals surface area contributed by atoms with Gasteiger partial charge >= 0.3 is 0 Å². The van der Waals surface area contributed by atoms with E-state index in [4.69, 9.17) is 4.74 Å². The first kappa shape index (κ1) is 15.3. The molecule has 0 bridgehead atoms. The first-order chi connectivity index (χ1) is 9.54. The number of amides is 2. The Balaban J connectivity index is 2.02. The van der Waals surface area contributed by atoms with Gasteiger partial charge in [0.05, 0.1) is 12.7 Å². The SMILES string of the molecule is CCCC1C(=O)NC(C2CC2)C(=O)N1CCOC(C)C. The highest BCUT2D eigenvalue weighted by molar-refractivity contribution is 5.97. The van der Waals surface area contributed by atoms with Crippen molar-refractivity contribution in [2.75, 3.05) is 13.2 Å². The summed E-state index contributed by atoms with van der Waals surface area (Å²) in [6.45, 7) is 6.99. The van der Waals surface area contributed by atoms with Crippen LogP contribution in [0, 0.1) is 5.92 Å². The zero-order valence-corrected chi connectivity index (χ0v) is 12.7. The smallest absolute Gasteiger partial charge is 0.246 e. The summed E-state index contributed by atoms with van der Waals surface area (Å²) in [5, 5.41) is 2.92. The third-order valence-corrected chi connectivity index (χ3v) is 3.96. The molecule has 1 aliphatic carbocycles. The highest BCUT2D eigenvalue weighted by Crippen LogP contribution is 2.35. The van der Waals surface area contributed by atoms with Gasteiger partial charge in [-0.15, -0.1) is 0 Å². The molecule has 1 saturated carbocycles. The lowest BCUT2D eigenvalue weighted by Gasteiger charge is -2.39. The summed E-state index contributed by atoms with van der Waals surface area (Å²) in [7, 11) is 0. The van der Waals surface area contributed by atoms with Gasteiger partial charge in [0.15, 0.2) is 0 Å². The van der Waals surface area contributed by atoms with Crippen molar-refractivity contribution in [1.82, 2.24) is 10.2 Å². The number of carbonyl (C=O) groups is 2. The van der Waals surface area contributed by atoms with Crippen LogP contribution in [0.25, 0.3) is 0 Å². The minimum absolute atomic E-state index is 0.00731. The Kier molecular flexibility index (Phi) is 5.02. The van der Waals surface area contributed by atoms with E-state index in [-0.39, 0.29) is 30.0 Å². The summed E-state index contributed by atoms with van der Waals surface area (Å²) in [6, 6.07) is -0.618. The lowest BCUT2D eigenvalue weighted by molar-refractivity contribution is -0.151. The quantitative estimate of drug-likeness (QED) is 0.766. The average molecular weight is 282 g/mol. The van der Waals surface area contributed by atoms with E-state index in [1.165, 1.54) is 0 Å². The van der Waals surface area contributed by atoms with E-state index in [9.17, 15) is 9.59 Å². The molecule has 1 N–H and O–H groups in total. The zero-order chi connectivity index (χ0) is 14.7. The summed E-state index contributed by atoms with van der Waals surface area (Å²) in [5.74, 6) is 0.438. The van der Waals surface area contributed by atoms with Gasteiger partial charge in [-0.2, -0.15) is 0 Å². The van der Waals surface area contributed by atoms with Gasteiger partial charge in [-0.25, -0.2) is 0 Å². The Morgan fingerprint density at radius 2 is 2.05 bits per heavy atom. The van der Waals surface area contributed by atoms with E-state index in [1.54, 1.807) is 4.90 Å². The molecule has 114 valence electrons. The third kappa shape index (κ3) is 3.51. The predicted molar refractivity (Wildman–Crippen MR) is 76.2 cm³/mol. The van der Waals surface area contributed by atoms with E-state index in [0.29, 0.717) is 19.1 Å². The van der Waals surface area contributed by atoms with Crippen LogP contribution in [-0.2, 0) is 14.3 Å². The highest BCUT2D eigenvalue weighted by Gasteiger charge is 2.46. The maximum atomic E-state index is 12.6. The topological polar surface area (TPSA) is 58.6 Å². The predicted octanol–water partition coefficient (Wildman–Crippen LogP) is 1.32. The minimum atomic E-state index is -0.321. The number of nitrogens with zero attached hydrogens (tertiary/aromatic N) is 1. The van der Waals surface area contributed by atoms with Crippen molar-refractivity contribution in [3.63, 3.8) is 0 Å². The number of hydrogen-bond acceptors (Lipinski definition) is 3. The Morgan fingerprint density at radius 1 is 1.35 bits per heavy atom. The van der Waals surface area contributed by atoms with Crippen molar-refractivity contribution in [3.8, 4) is 0 Å². The van der Waals surface area contributed by atoms with Gasteiger partial charge in [-0.05, 0) is 39.0 Å². The van der Waals surface area contributed by atoms with E-state index in [0.717, 1.165) is 25.7 Å². The lowest BCUT2D eigenvalue weighted by atomic mass is 10.0. The van der Waals surface area contributed by atoms with Crippen LogP contribution in [0.15, 0.2) is 0 Å². The average Bonchev–Trinajstić information content (AvgIpc) is 3.20. The van der Waals surface area contributed by atoms with Crippen LogP contribution < -0.4 is 5.32 Å².